The highest BCUT2D eigenvalue weighted by Crippen LogP contribution is 2.43. The van der Waals surface area contributed by atoms with Crippen LogP contribution in [-0.2, 0) is 18.4 Å². The smallest absolute Gasteiger partial charge is 0.391 e. The summed E-state index contributed by atoms with van der Waals surface area (Å²) >= 11 is 0. The van der Waals surface area contributed by atoms with Gasteiger partial charge in [-0.1, -0.05) is 129 Å². The molecule has 0 bridgehead atoms. The van der Waals surface area contributed by atoms with Gasteiger partial charge >= 0.3 is 7.82 Å². The molecule has 0 saturated carbocycles. The van der Waals surface area contributed by atoms with Crippen LogP contribution in [0, 0.1) is 0 Å². The van der Waals surface area contributed by atoms with Crippen LogP contribution >= 0.6 is 7.82 Å². The minimum absolute atomic E-state index is 0.0760. The molecule has 0 aromatic rings. The zero-order valence-corrected chi connectivity index (χ0v) is 28.4. The maximum Gasteiger partial charge on any atom is 0.472 e. The van der Waals surface area contributed by atoms with Crippen molar-refractivity contribution in [3.05, 3.63) is 0 Å². The van der Waals surface area contributed by atoms with Crippen molar-refractivity contribution in [1.82, 2.24) is 5.32 Å². The summed E-state index contributed by atoms with van der Waals surface area (Å²) in [6.07, 6.45) is 23.7. The molecule has 3 atom stereocenters. The van der Waals surface area contributed by atoms with Gasteiger partial charge in [0.1, 0.15) is 13.2 Å². The fraction of sp³-hybridized carbons (Fsp3) is 0.969. The van der Waals surface area contributed by atoms with E-state index in [1.165, 1.54) is 89.9 Å². The number of carbonyl (C=O) groups excluding carboxylic acids is 1. The molecule has 0 saturated heterocycles. The number of hydrogen-bond acceptors (Lipinski definition) is 5. The van der Waals surface area contributed by atoms with Gasteiger partial charge in [0.2, 0.25) is 5.91 Å². The minimum atomic E-state index is -4.27. The van der Waals surface area contributed by atoms with Gasteiger partial charge in [0.25, 0.3) is 0 Å². The summed E-state index contributed by atoms with van der Waals surface area (Å²) < 4.78 is 23.2. The Kier molecular flexibility index (Phi) is 25.6. The van der Waals surface area contributed by atoms with Crippen LogP contribution in [0.4, 0.5) is 0 Å². The second-order valence-electron chi connectivity index (χ2n) is 12.9. The largest absolute Gasteiger partial charge is 0.472 e. The second-order valence-corrected chi connectivity index (χ2v) is 14.4. The molecule has 0 aliphatic heterocycles. The number of aliphatic hydroxyl groups excluding tert-OH is 1. The number of quaternary nitrogens is 1. The van der Waals surface area contributed by atoms with Crippen molar-refractivity contribution in [3.63, 3.8) is 0 Å². The fourth-order valence-electron chi connectivity index (χ4n) is 4.79. The fourth-order valence-corrected chi connectivity index (χ4v) is 5.52. The molecule has 0 aliphatic rings. The Bertz CT molecular complexity index is 659. The van der Waals surface area contributed by atoms with Gasteiger partial charge in [-0.05, 0) is 12.8 Å². The van der Waals surface area contributed by atoms with Crippen LogP contribution in [0.2, 0.25) is 0 Å². The van der Waals surface area contributed by atoms with Crippen molar-refractivity contribution >= 4 is 13.7 Å². The highest BCUT2D eigenvalue weighted by molar-refractivity contribution is 7.47. The second kappa shape index (κ2) is 25.9. The first-order chi connectivity index (χ1) is 19.5. The van der Waals surface area contributed by atoms with Crippen molar-refractivity contribution in [2.75, 3.05) is 40.9 Å². The van der Waals surface area contributed by atoms with E-state index in [2.05, 4.69) is 12.2 Å². The van der Waals surface area contributed by atoms with E-state index >= 15 is 0 Å². The third-order valence-corrected chi connectivity index (χ3v) is 8.59. The SMILES string of the molecule is CCCCCCCCCCCCCCCCCCCC(O)C(COP(=O)(O)OCC[N+](C)(C)C)NC(=O)CCCC. The molecule has 0 fully saturated rings. The topological polar surface area (TPSA) is 105 Å². The lowest BCUT2D eigenvalue weighted by atomic mass is 10.0. The lowest BCUT2D eigenvalue weighted by molar-refractivity contribution is -0.870. The molecular weight excluding hydrogens is 539 g/mol. The lowest BCUT2D eigenvalue weighted by Crippen LogP contribution is -2.46. The number of phosphoric acid groups is 1. The number of hydrogen-bond donors (Lipinski definition) is 3. The van der Waals surface area contributed by atoms with Crippen LogP contribution in [0.15, 0.2) is 0 Å². The molecule has 0 spiro atoms. The minimum Gasteiger partial charge on any atom is -0.391 e. The first-order valence-corrected chi connectivity index (χ1v) is 18.4. The van der Waals surface area contributed by atoms with Crippen LogP contribution in [-0.4, -0.2) is 73.4 Å². The maximum atomic E-state index is 12.3. The number of nitrogens with one attached hydrogen (secondary N) is 1. The van der Waals surface area contributed by atoms with Crippen LogP contribution < -0.4 is 5.32 Å². The van der Waals surface area contributed by atoms with Crippen molar-refractivity contribution in [2.24, 2.45) is 0 Å². The predicted molar refractivity (Wildman–Crippen MR) is 171 cm³/mol. The van der Waals surface area contributed by atoms with E-state index in [9.17, 15) is 19.4 Å². The number of nitrogens with zero attached hydrogens (tertiary/aromatic N) is 1. The van der Waals surface area contributed by atoms with Gasteiger partial charge in [-0.25, -0.2) is 4.57 Å². The van der Waals surface area contributed by atoms with E-state index in [4.69, 9.17) is 9.05 Å². The molecule has 0 radical (unpaired) electrons. The Morgan fingerprint density at radius 1 is 0.732 bits per heavy atom. The van der Waals surface area contributed by atoms with Crippen LogP contribution in [0.3, 0.4) is 0 Å². The summed E-state index contributed by atoms with van der Waals surface area (Å²) in [4.78, 5) is 22.4. The standard InChI is InChI=1S/C32H67N2O6P/c1-6-8-10-11-12-13-14-15-16-17-18-19-20-21-22-23-24-25-31(35)30(33-32(36)26-9-7-2)29-40-41(37,38)39-28-27-34(3,4)5/h30-31,35H,6-29H2,1-5H3,(H-,33,36,37,38)/p+1. The normalized spacial score (nSPS) is 15.0. The molecule has 3 N–H and O–H groups in total. The molecular formula is C32H68N2O6P+. The van der Waals surface area contributed by atoms with Crippen molar-refractivity contribution in [3.8, 4) is 0 Å². The third kappa shape index (κ3) is 28.1. The first kappa shape index (κ1) is 40.5. The average molecular weight is 608 g/mol. The number of rotatable bonds is 30. The molecule has 8 nitrogen and oxygen atoms in total. The maximum absolute atomic E-state index is 12.3. The van der Waals surface area contributed by atoms with E-state index < -0.39 is 20.0 Å². The van der Waals surface area contributed by atoms with Gasteiger partial charge < -0.3 is 19.8 Å². The zero-order valence-electron chi connectivity index (χ0n) is 27.5. The Balaban J connectivity index is 4.12. The molecule has 9 heteroatoms. The zero-order chi connectivity index (χ0) is 30.8. The van der Waals surface area contributed by atoms with Gasteiger partial charge in [0, 0.05) is 6.42 Å². The number of phosphoric ester groups is 1. The molecule has 0 aliphatic carbocycles. The molecule has 0 heterocycles. The van der Waals surface area contributed by atoms with Gasteiger partial charge in [-0.3, -0.25) is 13.8 Å². The summed E-state index contributed by atoms with van der Waals surface area (Å²) in [5, 5.41) is 13.6. The van der Waals surface area contributed by atoms with E-state index in [-0.39, 0.29) is 19.1 Å². The molecule has 0 aromatic heterocycles. The van der Waals surface area contributed by atoms with E-state index in [1.54, 1.807) is 0 Å². The number of carbonyl (C=O) groups is 1. The number of unbranched alkanes of at least 4 members (excludes halogenated alkanes) is 17. The highest BCUT2D eigenvalue weighted by Gasteiger charge is 2.28. The van der Waals surface area contributed by atoms with Crippen molar-refractivity contribution < 1.29 is 32.9 Å². The molecule has 1 amide bonds. The Morgan fingerprint density at radius 3 is 1.61 bits per heavy atom. The molecule has 41 heavy (non-hydrogen) atoms. The van der Waals surface area contributed by atoms with Gasteiger partial charge in [0.05, 0.1) is 39.9 Å². The van der Waals surface area contributed by atoms with Crippen molar-refractivity contribution in [1.29, 1.82) is 0 Å². The van der Waals surface area contributed by atoms with Crippen molar-refractivity contribution in [2.45, 2.75) is 161 Å². The van der Waals surface area contributed by atoms with Gasteiger partial charge in [-0.2, -0.15) is 0 Å². The van der Waals surface area contributed by atoms with Crippen LogP contribution in [0.25, 0.3) is 0 Å². The summed E-state index contributed by atoms with van der Waals surface area (Å²) in [6.45, 7) is 4.64. The summed E-state index contributed by atoms with van der Waals surface area (Å²) in [5.41, 5.74) is 0. The average Bonchev–Trinajstić information content (AvgIpc) is 2.90. The summed E-state index contributed by atoms with van der Waals surface area (Å²) in [7, 11) is 1.61. The van der Waals surface area contributed by atoms with Crippen LogP contribution in [0.1, 0.15) is 149 Å². The Labute approximate surface area is 253 Å². The van der Waals surface area contributed by atoms with E-state index in [1.807, 2.05) is 28.1 Å². The quantitative estimate of drug-likeness (QED) is 0.0435. The molecule has 3 unspecified atom stereocenters. The molecule has 246 valence electrons. The highest BCUT2D eigenvalue weighted by atomic mass is 31.2. The van der Waals surface area contributed by atoms with Gasteiger partial charge in [0.15, 0.2) is 0 Å². The Morgan fingerprint density at radius 2 is 1.17 bits per heavy atom. The van der Waals surface area contributed by atoms with E-state index in [0.717, 1.165) is 32.1 Å². The number of likely N-dealkylation sites (N-methyl/N-ethyl adjacent to an activating group) is 1. The monoisotopic (exact) mass is 607 g/mol. The van der Waals surface area contributed by atoms with Crippen LogP contribution in [0.5, 0.6) is 0 Å². The number of amides is 1. The molecule has 0 aromatic carbocycles. The summed E-state index contributed by atoms with van der Waals surface area (Å²) in [5.74, 6) is -0.180. The lowest BCUT2D eigenvalue weighted by Gasteiger charge is -2.26. The predicted octanol–water partition coefficient (Wildman–Crippen LogP) is 7.90. The Hall–Kier alpha value is -0.500. The molecule has 0 rings (SSSR count). The van der Waals surface area contributed by atoms with Gasteiger partial charge in [-0.15, -0.1) is 0 Å². The summed E-state index contributed by atoms with van der Waals surface area (Å²) in [6, 6.07) is -0.747. The first-order valence-electron chi connectivity index (χ1n) is 16.9. The number of aliphatic hydroxyl groups is 1. The third-order valence-electron chi connectivity index (χ3n) is 7.61. The van der Waals surface area contributed by atoms with E-state index in [0.29, 0.717) is 23.9 Å².